The van der Waals surface area contributed by atoms with Crippen molar-refractivity contribution in [2.24, 2.45) is 5.73 Å². The highest BCUT2D eigenvalue weighted by molar-refractivity contribution is 6.23. The normalized spacial score (nSPS) is 11.6. The van der Waals surface area contributed by atoms with Crippen molar-refractivity contribution < 1.29 is 9.72 Å². The van der Waals surface area contributed by atoms with Gasteiger partial charge in [-0.3, -0.25) is 5.32 Å². The largest absolute Gasteiger partial charge is 0.497 e. The SMILES string of the molecule is COc1ccc2c(ccc3[nH]c4c(C)c[nH+]c(NCCCNCCCN)c4c32)c1. The van der Waals surface area contributed by atoms with Crippen LogP contribution in [-0.2, 0) is 0 Å². The molecule has 6 N–H and O–H groups in total. The highest BCUT2D eigenvalue weighted by Crippen LogP contribution is 2.36. The van der Waals surface area contributed by atoms with E-state index in [-0.39, 0.29) is 0 Å². The van der Waals surface area contributed by atoms with E-state index < -0.39 is 0 Å². The highest BCUT2D eigenvalue weighted by atomic mass is 16.5. The molecule has 0 bridgehead atoms. The average Bonchev–Trinajstić information content (AvgIpc) is 3.15. The molecular weight excluding hydrogens is 362 g/mol. The van der Waals surface area contributed by atoms with Crippen LogP contribution in [0.25, 0.3) is 32.6 Å². The first-order valence-corrected chi connectivity index (χ1v) is 10.3. The molecule has 0 amide bonds. The first-order chi connectivity index (χ1) is 14.2. The number of nitrogens with one attached hydrogen (secondary N) is 4. The van der Waals surface area contributed by atoms with Gasteiger partial charge in [-0.1, -0.05) is 6.07 Å². The molecule has 29 heavy (non-hydrogen) atoms. The predicted molar refractivity (Wildman–Crippen MR) is 121 cm³/mol. The van der Waals surface area contributed by atoms with Crippen molar-refractivity contribution >= 4 is 38.4 Å². The van der Waals surface area contributed by atoms with E-state index >= 15 is 0 Å². The van der Waals surface area contributed by atoms with Crippen molar-refractivity contribution in [3.8, 4) is 5.75 Å². The standard InChI is InChI=1S/C23H29N5O/c1-15-14-27-23(26-12-4-11-25-10-3-9-24)21-20-18-7-6-17(29-2)13-16(18)5-8-19(20)28-22(15)21/h5-8,13-14,25,28H,3-4,9-12,24H2,1-2H3,(H,26,27)/p+1. The Morgan fingerprint density at radius 3 is 2.76 bits per heavy atom. The molecule has 2 aromatic carbocycles. The molecular formula is C23H30N5O+. The summed E-state index contributed by atoms with van der Waals surface area (Å²) >= 11 is 0. The van der Waals surface area contributed by atoms with Gasteiger partial charge in [0.05, 0.1) is 30.8 Å². The van der Waals surface area contributed by atoms with E-state index in [1.54, 1.807) is 7.11 Å². The summed E-state index contributed by atoms with van der Waals surface area (Å²) in [4.78, 5) is 7.08. The predicted octanol–water partition coefficient (Wildman–Crippen LogP) is 3.35. The van der Waals surface area contributed by atoms with Gasteiger partial charge < -0.3 is 20.8 Å². The Hall–Kier alpha value is -2.83. The van der Waals surface area contributed by atoms with Crippen LogP contribution < -0.4 is 26.1 Å². The molecule has 152 valence electrons. The van der Waals surface area contributed by atoms with Crippen LogP contribution in [-0.4, -0.2) is 38.3 Å². The third kappa shape index (κ3) is 3.86. The fourth-order valence-electron chi connectivity index (χ4n) is 3.92. The number of anilines is 1. The zero-order valence-electron chi connectivity index (χ0n) is 17.2. The second-order valence-corrected chi connectivity index (χ2v) is 7.47. The molecule has 0 aliphatic rings. The Kier molecular flexibility index (Phi) is 5.83. The average molecular weight is 393 g/mol. The van der Waals surface area contributed by atoms with Crippen molar-refractivity contribution in [2.75, 3.05) is 38.6 Å². The monoisotopic (exact) mass is 392 g/mol. The molecule has 0 saturated heterocycles. The van der Waals surface area contributed by atoms with E-state index in [1.807, 2.05) is 6.07 Å². The number of rotatable bonds is 9. The van der Waals surface area contributed by atoms with Gasteiger partial charge in [0.15, 0.2) is 0 Å². The van der Waals surface area contributed by atoms with Crippen molar-refractivity contribution in [3.63, 3.8) is 0 Å². The summed E-state index contributed by atoms with van der Waals surface area (Å²) in [7, 11) is 1.70. The fourth-order valence-corrected chi connectivity index (χ4v) is 3.92. The molecule has 0 spiro atoms. The number of pyridine rings is 1. The van der Waals surface area contributed by atoms with Crippen molar-refractivity contribution in [3.05, 3.63) is 42.1 Å². The number of aryl methyl sites for hydroxylation is 1. The summed E-state index contributed by atoms with van der Waals surface area (Å²) in [5, 5.41) is 11.9. The van der Waals surface area contributed by atoms with Crippen LogP contribution in [0.15, 0.2) is 36.5 Å². The van der Waals surface area contributed by atoms with Gasteiger partial charge in [0.1, 0.15) is 5.75 Å². The molecule has 0 fully saturated rings. The lowest BCUT2D eigenvalue weighted by Gasteiger charge is -2.06. The van der Waals surface area contributed by atoms with Gasteiger partial charge in [-0.05, 0) is 74.4 Å². The number of aromatic amines is 2. The Morgan fingerprint density at radius 1 is 1.07 bits per heavy atom. The molecule has 2 aromatic heterocycles. The first-order valence-electron chi connectivity index (χ1n) is 10.3. The molecule has 2 heterocycles. The van der Waals surface area contributed by atoms with Crippen molar-refractivity contribution in [1.82, 2.24) is 10.3 Å². The van der Waals surface area contributed by atoms with Gasteiger partial charge in [-0.2, -0.15) is 0 Å². The van der Waals surface area contributed by atoms with Crippen LogP contribution in [0.4, 0.5) is 5.82 Å². The number of hydrogen-bond acceptors (Lipinski definition) is 4. The van der Waals surface area contributed by atoms with Gasteiger partial charge in [0, 0.05) is 16.5 Å². The number of aromatic nitrogens is 2. The maximum absolute atomic E-state index is 5.53. The molecule has 0 aliphatic heterocycles. The van der Waals surface area contributed by atoms with Crippen LogP contribution in [0.5, 0.6) is 5.75 Å². The summed E-state index contributed by atoms with van der Waals surface area (Å²) in [6.07, 6.45) is 4.13. The molecule has 0 saturated carbocycles. The molecule has 4 rings (SSSR count). The molecule has 4 aromatic rings. The van der Waals surface area contributed by atoms with Gasteiger partial charge >= 0.3 is 0 Å². The summed E-state index contributed by atoms with van der Waals surface area (Å²) in [6.45, 7) is 5.73. The lowest BCUT2D eigenvalue weighted by Crippen LogP contribution is -2.22. The Labute approximate surface area is 170 Å². The van der Waals surface area contributed by atoms with Gasteiger partial charge in [0.25, 0.3) is 5.82 Å². The minimum absolute atomic E-state index is 0.738. The van der Waals surface area contributed by atoms with Gasteiger partial charge in [-0.15, -0.1) is 0 Å². The number of hydrogen-bond donors (Lipinski definition) is 4. The number of methoxy groups -OCH3 is 1. The first kappa shape index (κ1) is 19.5. The Bertz CT molecular complexity index is 1130. The molecule has 0 unspecified atom stereocenters. The summed E-state index contributed by atoms with van der Waals surface area (Å²) in [5.41, 5.74) is 9.05. The third-order valence-electron chi connectivity index (χ3n) is 5.45. The topological polar surface area (TPSA) is 89.2 Å². The van der Waals surface area contributed by atoms with Crippen LogP contribution in [0.3, 0.4) is 0 Å². The maximum atomic E-state index is 5.53. The summed E-state index contributed by atoms with van der Waals surface area (Å²) in [5.74, 6) is 1.93. The molecule has 6 heteroatoms. The van der Waals surface area contributed by atoms with E-state index in [0.717, 1.165) is 56.1 Å². The summed E-state index contributed by atoms with van der Waals surface area (Å²) < 4.78 is 5.41. The zero-order chi connectivity index (χ0) is 20.2. The minimum atomic E-state index is 0.738. The zero-order valence-corrected chi connectivity index (χ0v) is 17.2. The van der Waals surface area contributed by atoms with E-state index in [0.29, 0.717) is 0 Å². The quantitative estimate of drug-likeness (QED) is 0.329. The minimum Gasteiger partial charge on any atom is -0.497 e. The number of fused-ring (bicyclic) bond motifs is 5. The van der Waals surface area contributed by atoms with Crippen molar-refractivity contribution in [2.45, 2.75) is 19.8 Å². The van der Waals surface area contributed by atoms with E-state index in [4.69, 9.17) is 10.5 Å². The van der Waals surface area contributed by atoms with Crippen LogP contribution in [0, 0.1) is 6.92 Å². The fraction of sp³-hybridized carbons (Fsp3) is 0.348. The van der Waals surface area contributed by atoms with Gasteiger partial charge in [0.2, 0.25) is 0 Å². The molecule has 6 nitrogen and oxygen atoms in total. The van der Waals surface area contributed by atoms with Gasteiger partial charge in [-0.25, -0.2) is 4.98 Å². The second kappa shape index (κ2) is 8.68. The van der Waals surface area contributed by atoms with E-state index in [2.05, 4.69) is 58.0 Å². The van der Waals surface area contributed by atoms with Crippen molar-refractivity contribution in [1.29, 1.82) is 0 Å². The van der Waals surface area contributed by atoms with Crippen LogP contribution >= 0.6 is 0 Å². The maximum Gasteiger partial charge on any atom is 0.282 e. The smallest absolute Gasteiger partial charge is 0.282 e. The lowest BCUT2D eigenvalue weighted by molar-refractivity contribution is -0.359. The second-order valence-electron chi connectivity index (χ2n) is 7.47. The number of benzene rings is 2. The Balaban J connectivity index is 1.69. The van der Waals surface area contributed by atoms with Crippen LogP contribution in [0.1, 0.15) is 18.4 Å². The molecule has 0 radical (unpaired) electrons. The summed E-state index contributed by atoms with van der Waals surface area (Å²) in [6, 6.07) is 10.6. The number of ether oxygens (including phenoxy) is 1. The number of H-pyrrole nitrogens is 2. The number of nitrogens with two attached hydrogens (primary N) is 1. The van der Waals surface area contributed by atoms with E-state index in [9.17, 15) is 0 Å². The molecule has 0 aliphatic carbocycles. The molecule has 0 atom stereocenters. The third-order valence-corrected chi connectivity index (χ3v) is 5.45. The van der Waals surface area contributed by atoms with Crippen LogP contribution in [0.2, 0.25) is 0 Å². The van der Waals surface area contributed by atoms with E-state index in [1.165, 1.54) is 32.6 Å². The highest BCUT2D eigenvalue weighted by Gasteiger charge is 2.18. The Morgan fingerprint density at radius 2 is 1.93 bits per heavy atom. The lowest BCUT2D eigenvalue weighted by atomic mass is 10.0.